The van der Waals surface area contributed by atoms with Gasteiger partial charge in [-0.25, -0.2) is 0 Å². The average molecular weight is 272 g/mol. The van der Waals surface area contributed by atoms with Gasteiger partial charge in [-0.2, -0.15) is 0 Å². The molecule has 3 rings (SSSR count). The highest BCUT2D eigenvalue weighted by atomic mass is 16.5. The molecule has 0 unspecified atom stereocenters. The molecular formula is C15H20N4O. The molecule has 0 amide bonds. The van der Waals surface area contributed by atoms with E-state index in [1.165, 1.54) is 18.4 Å². The molecule has 0 aliphatic carbocycles. The number of nitrogens with zero attached hydrogens (tertiary/aromatic N) is 3. The molecule has 0 saturated carbocycles. The van der Waals surface area contributed by atoms with Gasteiger partial charge >= 0.3 is 0 Å². The molecule has 5 heteroatoms. The number of rotatable bonds is 5. The topological polar surface area (TPSA) is 52.0 Å². The summed E-state index contributed by atoms with van der Waals surface area (Å²) in [5.41, 5.74) is 2.26. The quantitative estimate of drug-likeness (QED) is 0.908. The van der Waals surface area contributed by atoms with Crippen molar-refractivity contribution in [3.8, 4) is 0 Å². The van der Waals surface area contributed by atoms with E-state index in [4.69, 9.17) is 4.74 Å². The summed E-state index contributed by atoms with van der Waals surface area (Å²) in [6.07, 6.45) is 3.50. The van der Waals surface area contributed by atoms with Crippen LogP contribution < -0.4 is 5.32 Å². The zero-order valence-electron chi connectivity index (χ0n) is 11.8. The normalized spacial score (nSPS) is 14.1. The SMILES string of the molecule is COCc1cccc(NCc2nnc3n2CCCC3)c1. The molecule has 0 spiro atoms. The predicted molar refractivity (Wildman–Crippen MR) is 77.4 cm³/mol. The highest BCUT2D eigenvalue weighted by molar-refractivity contribution is 5.45. The first-order valence-corrected chi connectivity index (χ1v) is 7.09. The van der Waals surface area contributed by atoms with Gasteiger partial charge in [0.2, 0.25) is 0 Å². The monoisotopic (exact) mass is 272 g/mol. The summed E-state index contributed by atoms with van der Waals surface area (Å²) in [6.45, 7) is 2.39. The molecule has 1 aromatic heterocycles. The van der Waals surface area contributed by atoms with E-state index in [9.17, 15) is 0 Å². The molecule has 2 heterocycles. The van der Waals surface area contributed by atoms with Crippen LogP contribution in [0, 0.1) is 0 Å². The Labute approximate surface area is 119 Å². The van der Waals surface area contributed by atoms with Crippen LogP contribution in [0.4, 0.5) is 5.69 Å². The van der Waals surface area contributed by atoms with E-state index < -0.39 is 0 Å². The van der Waals surface area contributed by atoms with Crippen molar-refractivity contribution in [2.75, 3.05) is 12.4 Å². The maximum absolute atomic E-state index is 5.15. The lowest BCUT2D eigenvalue weighted by Gasteiger charge is -2.15. The molecular weight excluding hydrogens is 252 g/mol. The summed E-state index contributed by atoms with van der Waals surface area (Å²) in [5.74, 6) is 2.15. The van der Waals surface area contributed by atoms with Crippen LogP contribution in [-0.4, -0.2) is 21.9 Å². The van der Waals surface area contributed by atoms with E-state index in [0.29, 0.717) is 13.2 Å². The van der Waals surface area contributed by atoms with Crippen molar-refractivity contribution in [2.24, 2.45) is 0 Å². The van der Waals surface area contributed by atoms with Gasteiger partial charge in [0.15, 0.2) is 5.82 Å². The van der Waals surface area contributed by atoms with Crippen molar-refractivity contribution in [3.05, 3.63) is 41.5 Å². The van der Waals surface area contributed by atoms with Gasteiger partial charge in [-0.15, -0.1) is 10.2 Å². The second-order valence-corrected chi connectivity index (χ2v) is 5.13. The first-order valence-electron chi connectivity index (χ1n) is 7.09. The molecule has 0 fully saturated rings. The van der Waals surface area contributed by atoms with Crippen molar-refractivity contribution >= 4 is 5.69 Å². The van der Waals surface area contributed by atoms with Gasteiger partial charge in [-0.3, -0.25) is 0 Å². The van der Waals surface area contributed by atoms with E-state index in [-0.39, 0.29) is 0 Å². The number of methoxy groups -OCH3 is 1. The second-order valence-electron chi connectivity index (χ2n) is 5.13. The fraction of sp³-hybridized carbons (Fsp3) is 0.467. The Morgan fingerprint density at radius 1 is 1.30 bits per heavy atom. The number of ether oxygens (including phenoxy) is 1. The minimum atomic E-state index is 0.635. The zero-order chi connectivity index (χ0) is 13.8. The number of hydrogen-bond donors (Lipinski definition) is 1. The molecule has 1 aromatic carbocycles. The van der Waals surface area contributed by atoms with Gasteiger partial charge in [-0.05, 0) is 30.5 Å². The number of fused-ring (bicyclic) bond motifs is 1. The molecule has 1 aliphatic rings. The third-order valence-electron chi connectivity index (χ3n) is 3.62. The first kappa shape index (κ1) is 13.1. The third kappa shape index (κ3) is 2.82. The van der Waals surface area contributed by atoms with Crippen molar-refractivity contribution in [1.29, 1.82) is 0 Å². The number of nitrogens with one attached hydrogen (secondary N) is 1. The fourth-order valence-electron chi connectivity index (χ4n) is 2.62. The maximum atomic E-state index is 5.15. The van der Waals surface area contributed by atoms with Crippen molar-refractivity contribution in [3.63, 3.8) is 0 Å². The summed E-state index contributed by atoms with van der Waals surface area (Å²) < 4.78 is 7.40. The summed E-state index contributed by atoms with van der Waals surface area (Å²) in [4.78, 5) is 0. The zero-order valence-corrected chi connectivity index (χ0v) is 11.8. The molecule has 0 atom stereocenters. The van der Waals surface area contributed by atoms with Crippen LogP contribution in [0.15, 0.2) is 24.3 Å². The highest BCUT2D eigenvalue weighted by Gasteiger charge is 2.15. The molecule has 1 N–H and O–H groups in total. The number of anilines is 1. The highest BCUT2D eigenvalue weighted by Crippen LogP contribution is 2.16. The number of aryl methyl sites for hydroxylation is 1. The largest absolute Gasteiger partial charge is 0.380 e. The molecule has 2 aromatic rings. The first-order chi connectivity index (χ1) is 9.86. The molecule has 1 aliphatic heterocycles. The van der Waals surface area contributed by atoms with Crippen molar-refractivity contribution in [2.45, 2.75) is 39.0 Å². The Morgan fingerprint density at radius 2 is 2.25 bits per heavy atom. The molecule has 106 valence electrons. The minimum absolute atomic E-state index is 0.635. The van der Waals surface area contributed by atoms with Crippen LogP contribution in [-0.2, 0) is 30.9 Å². The van der Waals surface area contributed by atoms with Crippen LogP contribution in [0.5, 0.6) is 0 Å². The Bertz CT molecular complexity index is 579. The van der Waals surface area contributed by atoms with E-state index in [1.807, 2.05) is 6.07 Å². The third-order valence-corrected chi connectivity index (χ3v) is 3.62. The molecule has 0 saturated heterocycles. The number of benzene rings is 1. The summed E-state index contributed by atoms with van der Waals surface area (Å²) in [5, 5.41) is 12.0. The Morgan fingerprint density at radius 3 is 3.15 bits per heavy atom. The summed E-state index contributed by atoms with van der Waals surface area (Å²) in [6, 6.07) is 8.27. The lowest BCUT2D eigenvalue weighted by atomic mass is 10.1. The van der Waals surface area contributed by atoms with E-state index >= 15 is 0 Å². The molecule has 0 bridgehead atoms. The Kier molecular flexibility index (Phi) is 3.97. The molecule has 5 nitrogen and oxygen atoms in total. The number of aromatic nitrogens is 3. The van der Waals surface area contributed by atoms with E-state index in [1.54, 1.807) is 7.11 Å². The minimum Gasteiger partial charge on any atom is -0.380 e. The number of hydrogen-bond acceptors (Lipinski definition) is 4. The van der Waals surface area contributed by atoms with Gasteiger partial charge in [0.05, 0.1) is 13.2 Å². The standard InChI is InChI=1S/C15H20N4O/c1-20-11-12-5-4-6-13(9-12)16-10-15-18-17-14-7-2-3-8-19(14)15/h4-6,9,16H,2-3,7-8,10-11H2,1H3. The van der Waals surface area contributed by atoms with Crippen molar-refractivity contribution in [1.82, 2.24) is 14.8 Å². The van der Waals surface area contributed by atoms with Gasteiger partial charge in [0.25, 0.3) is 0 Å². The summed E-state index contributed by atoms with van der Waals surface area (Å²) in [7, 11) is 1.71. The van der Waals surface area contributed by atoms with Gasteiger partial charge < -0.3 is 14.6 Å². The van der Waals surface area contributed by atoms with Gasteiger partial charge in [-0.1, -0.05) is 12.1 Å². The Hall–Kier alpha value is -1.88. The van der Waals surface area contributed by atoms with E-state index in [0.717, 1.165) is 30.3 Å². The van der Waals surface area contributed by atoms with Crippen LogP contribution in [0.2, 0.25) is 0 Å². The van der Waals surface area contributed by atoms with E-state index in [2.05, 4.69) is 38.3 Å². The second kappa shape index (κ2) is 6.05. The smallest absolute Gasteiger partial charge is 0.152 e. The summed E-state index contributed by atoms with van der Waals surface area (Å²) >= 11 is 0. The lowest BCUT2D eigenvalue weighted by molar-refractivity contribution is 0.185. The fourth-order valence-corrected chi connectivity index (χ4v) is 2.62. The molecule has 0 radical (unpaired) electrons. The molecule has 20 heavy (non-hydrogen) atoms. The Balaban J connectivity index is 1.67. The van der Waals surface area contributed by atoms with Crippen LogP contribution in [0.25, 0.3) is 0 Å². The van der Waals surface area contributed by atoms with Gasteiger partial charge in [0, 0.05) is 25.8 Å². The van der Waals surface area contributed by atoms with Crippen LogP contribution >= 0.6 is 0 Å². The average Bonchev–Trinajstić information content (AvgIpc) is 2.89. The van der Waals surface area contributed by atoms with Crippen LogP contribution in [0.1, 0.15) is 30.1 Å². The van der Waals surface area contributed by atoms with Gasteiger partial charge in [0.1, 0.15) is 5.82 Å². The maximum Gasteiger partial charge on any atom is 0.152 e. The predicted octanol–water partition coefficient (Wildman–Crippen LogP) is 2.37. The lowest BCUT2D eigenvalue weighted by Crippen LogP contribution is -2.15. The van der Waals surface area contributed by atoms with Crippen molar-refractivity contribution < 1.29 is 4.74 Å². The van der Waals surface area contributed by atoms with Crippen LogP contribution in [0.3, 0.4) is 0 Å².